The Morgan fingerprint density at radius 3 is 2.69 bits per heavy atom. The number of nitrogens with zero attached hydrogens (tertiary/aromatic N) is 3. The lowest BCUT2D eigenvalue weighted by molar-refractivity contribution is -0.153. The summed E-state index contributed by atoms with van der Waals surface area (Å²) in [6, 6.07) is 3.64. The number of methoxy groups -OCH3 is 1. The van der Waals surface area contributed by atoms with Crippen molar-refractivity contribution in [1.29, 1.82) is 0 Å². The number of thiol groups is 1. The summed E-state index contributed by atoms with van der Waals surface area (Å²) in [6.45, 7) is -0.812. The second-order valence-corrected chi connectivity index (χ2v) is 9.28. The molecule has 0 bridgehead atoms. The minimum atomic E-state index is -2.61. The van der Waals surface area contributed by atoms with Crippen molar-refractivity contribution in [3.8, 4) is 5.75 Å². The number of fused-ring (bicyclic) bond motifs is 3. The molecule has 1 aliphatic heterocycles. The number of hydrogen-bond acceptors (Lipinski definition) is 8. The highest BCUT2D eigenvalue weighted by atomic mass is 32.1. The molecule has 1 fully saturated rings. The molecule has 1 aromatic carbocycles. The molecule has 2 aliphatic rings. The van der Waals surface area contributed by atoms with E-state index in [-0.39, 0.29) is 0 Å². The number of aryl methyl sites for hydroxylation is 2. The fourth-order valence-corrected chi connectivity index (χ4v) is 5.21. The predicted octanol–water partition coefficient (Wildman–Crippen LogP) is 4.29. The number of anilines is 3. The molecule has 11 heteroatoms. The van der Waals surface area contributed by atoms with E-state index in [4.69, 9.17) is 10.5 Å². The van der Waals surface area contributed by atoms with Crippen molar-refractivity contribution in [2.24, 2.45) is 0 Å². The molecule has 3 N–H and O–H groups in total. The van der Waals surface area contributed by atoms with Gasteiger partial charge in [0.1, 0.15) is 22.7 Å². The number of hydrogen-bond donors (Lipinski definition) is 3. The first kappa shape index (κ1) is 22.5. The number of halogens is 2. The van der Waals surface area contributed by atoms with Crippen molar-refractivity contribution < 1.29 is 18.3 Å². The van der Waals surface area contributed by atoms with Gasteiger partial charge in [-0.05, 0) is 37.3 Å². The molecule has 2 aromatic heterocycles. The molecule has 5 rings (SSSR count). The maximum absolute atomic E-state index is 11.8. The van der Waals surface area contributed by atoms with Gasteiger partial charge in [-0.3, -0.25) is 4.79 Å². The average Bonchev–Trinajstić information content (AvgIpc) is 3.14. The average molecular weight is 480 g/mol. The largest absolute Gasteiger partial charge is 0.494 e. The number of nitrogens with one attached hydrogen (secondary N) is 1. The van der Waals surface area contributed by atoms with Gasteiger partial charge in [0.05, 0.1) is 31.3 Å². The number of ether oxygens (including phenoxy) is 1. The normalized spacial score (nSPS) is 16.4. The van der Waals surface area contributed by atoms with Crippen molar-refractivity contribution in [3.05, 3.63) is 28.9 Å². The van der Waals surface area contributed by atoms with Crippen LogP contribution in [0.1, 0.15) is 23.3 Å². The van der Waals surface area contributed by atoms with Crippen LogP contribution in [0.25, 0.3) is 10.2 Å². The molecular weight excluding hydrogens is 456 g/mol. The molecular formula is C21H23F2N5O2S2. The van der Waals surface area contributed by atoms with Crippen LogP contribution in [-0.2, 0) is 17.6 Å². The van der Waals surface area contributed by atoms with Crippen molar-refractivity contribution >= 4 is 57.8 Å². The zero-order chi connectivity index (χ0) is 22.9. The molecule has 0 atom stereocenters. The Hall–Kier alpha value is -2.66. The molecule has 1 aliphatic carbocycles. The summed E-state index contributed by atoms with van der Waals surface area (Å²) in [7, 11) is 1.63. The Labute approximate surface area is 193 Å². The fourth-order valence-electron chi connectivity index (χ4n) is 3.79. The number of aromatic nitrogens is 2. The van der Waals surface area contributed by atoms with Gasteiger partial charge in [0.2, 0.25) is 6.41 Å². The summed E-state index contributed by atoms with van der Waals surface area (Å²) in [5.41, 5.74) is 8.69. The lowest BCUT2D eigenvalue weighted by Crippen LogP contribution is -2.55. The number of rotatable bonds is 4. The Kier molecular flexibility index (Phi) is 6.38. The summed E-state index contributed by atoms with van der Waals surface area (Å²) in [5.74, 6) is -1.13. The highest BCUT2D eigenvalue weighted by molar-refractivity contribution is 7.80. The van der Waals surface area contributed by atoms with Crippen LogP contribution >= 0.6 is 24.0 Å². The minimum absolute atomic E-state index is 0.406. The number of likely N-dealkylation sites (tertiary alicyclic amines) is 1. The molecule has 170 valence electrons. The van der Waals surface area contributed by atoms with Crippen molar-refractivity contribution in [3.63, 3.8) is 0 Å². The molecule has 1 amide bonds. The SMILES string of the molecule is COc1cc(N)c(S)cc1Nc1ncnc2sc3c(c12)CCCC3.O=CN1CC(F)(F)C1. The third-order valence-corrected chi connectivity index (χ3v) is 6.96. The van der Waals surface area contributed by atoms with E-state index in [0.717, 1.165) is 39.5 Å². The zero-order valence-electron chi connectivity index (χ0n) is 17.4. The van der Waals surface area contributed by atoms with Gasteiger partial charge in [-0.2, -0.15) is 0 Å². The molecule has 3 aromatic rings. The van der Waals surface area contributed by atoms with Crippen LogP contribution in [0.4, 0.5) is 26.0 Å². The summed E-state index contributed by atoms with van der Waals surface area (Å²) in [6.07, 6.45) is 6.75. The molecule has 0 spiro atoms. The van der Waals surface area contributed by atoms with Gasteiger partial charge >= 0.3 is 0 Å². The molecule has 3 heterocycles. The van der Waals surface area contributed by atoms with Crippen molar-refractivity contribution in [2.75, 3.05) is 31.2 Å². The first-order valence-electron chi connectivity index (χ1n) is 10.1. The fraction of sp³-hybridized carbons (Fsp3) is 0.381. The topological polar surface area (TPSA) is 93.4 Å². The van der Waals surface area contributed by atoms with E-state index in [0.29, 0.717) is 22.7 Å². The molecule has 32 heavy (non-hydrogen) atoms. The quantitative estimate of drug-likeness (QED) is 0.294. The van der Waals surface area contributed by atoms with Gasteiger partial charge in [0.25, 0.3) is 5.92 Å². The Morgan fingerprint density at radius 2 is 2.03 bits per heavy atom. The van der Waals surface area contributed by atoms with Gasteiger partial charge < -0.3 is 20.7 Å². The smallest absolute Gasteiger partial charge is 0.282 e. The van der Waals surface area contributed by atoms with Crippen LogP contribution in [0.5, 0.6) is 5.75 Å². The summed E-state index contributed by atoms with van der Waals surface area (Å²) < 4.78 is 29.0. The maximum atomic E-state index is 11.8. The third kappa shape index (κ3) is 4.58. The highest BCUT2D eigenvalue weighted by Crippen LogP contribution is 2.40. The van der Waals surface area contributed by atoms with E-state index in [1.807, 2.05) is 6.07 Å². The summed E-state index contributed by atoms with van der Waals surface area (Å²) >= 11 is 6.19. The van der Waals surface area contributed by atoms with Crippen molar-refractivity contribution in [1.82, 2.24) is 14.9 Å². The Balaban J connectivity index is 0.000000260. The minimum Gasteiger partial charge on any atom is -0.494 e. The zero-order valence-corrected chi connectivity index (χ0v) is 19.1. The van der Waals surface area contributed by atoms with Gasteiger partial charge in [-0.15, -0.1) is 24.0 Å². The van der Waals surface area contributed by atoms with Crippen molar-refractivity contribution in [2.45, 2.75) is 36.5 Å². The molecule has 0 saturated carbocycles. The van der Waals surface area contributed by atoms with E-state index in [1.54, 1.807) is 30.8 Å². The lowest BCUT2D eigenvalue weighted by atomic mass is 9.97. The predicted molar refractivity (Wildman–Crippen MR) is 125 cm³/mol. The number of nitrogens with two attached hydrogens (primary N) is 1. The van der Waals surface area contributed by atoms with E-state index < -0.39 is 19.0 Å². The van der Waals surface area contributed by atoms with Gasteiger partial charge in [0.15, 0.2) is 0 Å². The van der Waals surface area contributed by atoms with Gasteiger partial charge in [0, 0.05) is 21.5 Å². The van der Waals surface area contributed by atoms with Crippen LogP contribution in [0, 0.1) is 0 Å². The second-order valence-electron chi connectivity index (χ2n) is 7.72. The van der Waals surface area contributed by atoms with Crippen LogP contribution in [0.2, 0.25) is 0 Å². The van der Waals surface area contributed by atoms with Crippen LogP contribution in [-0.4, -0.2) is 47.4 Å². The lowest BCUT2D eigenvalue weighted by Gasteiger charge is -2.35. The van der Waals surface area contributed by atoms with E-state index >= 15 is 0 Å². The van der Waals surface area contributed by atoms with E-state index in [1.165, 1.54) is 23.3 Å². The number of thiophene rings is 1. The molecule has 1 saturated heterocycles. The second kappa shape index (κ2) is 9.07. The monoisotopic (exact) mass is 479 g/mol. The van der Waals surface area contributed by atoms with Gasteiger partial charge in [-0.25, -0.2) is 18.7 Å². The van der Waals surface area contributed by atoms with Gasteiger partial charge in [-0.1, -0.05) is 0 Å². The highest BCUT2D eigenvalue weighted by Gasteiger charge is 2.43. The maximum Gasteiger partial charge on any atom is 0.282 e. The third-order valence-electron chi connectivity index (χ3n) is 5.37. The van der Waals surface area contributed by atoms with E-state index in [2.05, 4.69) is 27.9 Å². The summed E-state index contributed by atoms with van der Waals surface area (Å²) in [4.78, 5) is 22.8. The molecule has 7 nitrogen and oxygen atoms in total. The number of carbonyl (C=O) groups excluding carboxylic acids is 1. The van der Waals surface area contributed by atoms with E-state index in [9.17, 15) is 13.6 Å². The van der Waals surface area contributed by atoms with Crippen LogP contribution < -0.4 is 15.8 Å². The number of nitrogen functional groups attached to an aromatic ring is 1. The first-order valence-corrected chi connectivity index (χ1v) is 11.3. The number of amides is 1. The number of carbonyl (C=O) groups is 1. The Bertz CT molecular complexity index is 1150. The number of alkyl halides is 2. The van der Waals surface area contributed by atoms with Crippen LogP contribution in [0.3, 0.4) is 0 Å². The molecule has 0 unspecified atom stereocenters. The Morgan fingerprint density at radius 1 is 1.28 bits per heavy atom. The number of benzene rings is 1. The summed E-state index contributed by atoms with van der Waals surface area (Å²) in [5, 5.41) is 4.53. The first-order chi connectivity index (χ1) is 15.3. The van der Waals surface area contributed by atoms with Crippen LogP contribution in [0.15, 0.2) is 23.4 Å². The standard InChI is InChI=1S/C17H18N4OS2.C4H5F2NO/c1-22-12-6-10(18)13(23)7-11(12)21-16-15-9-4-2-3-5-14(9)24-17(15)20-8-19-16;5-4(6)1-7(2-4)3-8/h6-8,23H,2-5,18H2,1H3,(H,19,20,21);3H,1-2H2. The molecule has 0 radical (unpaired) electrons.